The lowest BCUT2D eigenvalue weighted by Crippen LogP contribution is -2.54. The van der Waals surface area contributed by atoms with E-state index in [2.05, 4.69) is 10.1 Å². The fourth-order valence-electron chi connectivity index (χ4n) is 3.05. The van der Waals surface area contributed by atoms with Gasteiger partial charge in [-0.1, -0.05) is 6.07 Å². The van der Waals surface area contributed by atoms with Gasteiger partial charge in [0, 0.05) is 0 Å². The topological polar surface area (TPSA) is 111 Å². The summed E-state index contributed by atoms with van der Waals surface area (Å²) in [6.45, 7) is 3.76. The molecular weight excluding hydrogens is 416 g/mol. The number of benzene rings is 2. The van der Waals surface area contributed by atoms with Crippen molar-refractivity contribution in [3.05, 3.63) is 59.2 Å². The molecule has 0 saturated carbocycles. The molecule has 0 aromatic heterocycles. The van der Waals surface area contributed by atoms with Crippen molar-refractivity contribution in [3.63, 3.8) is 0 Å². The first-order chi connectivity index (χ1) is 15.2. The number of ether oxygens (including phenoxy) is 3. The maximum Gasteiger partial charge on any atom is 0.337 e. The van der Waals surface area contributed by atoms with Crippen LogP contribution in [-0.4, -0.2) is 44.1 Å². The highest BCUT2D eigenvalue weighted by atomic mass is 16.5. The number of anilines is 1. The molecule has 1 heterocycles. The molecule has 0 bridgehead atoms. The third-order valence-corrected chi connectivity index (χ3v) is 4.51. The second-order valence-electron chi connectivity index (χ2n) is 7.07. The van der Waals surface area contributed by atoms with Gasteiger partial charge in [0.25, 0.3) is 11.8 Å². The van der Waals surface area contributed by atoms with Gasteiger partial charge in [0.2, 0.25) is 0 Å². The molecule has 166 valence electrons. The normalized spacial score (nSPS) is 15.1. The minimum Gasteiger partial charge on any atom is -0.493 e. The molecule has 9 heteroatoms. The van der Waals surface area contributed by atoms with Crippen LogP contribution in [0.1, 0.15) is 29.8 Å². The van der Waals surface area contributed by atoms with Crippen molar-refractivity contribution < 1.29 is 33.4 Å². The number of rotatable bonds is 6. The number of nitrogens with zero attached hydrogens (tertiary/aromatic N) is 1. The third kappa shape index (κ3) is 4.61. The van der Waals surface area contributed by atoms with Crippen LogP contribution in [0, 0.1) is 0 Å². The molecule has 0 spiro atoms. The van der Waals surface area contributed by atoms with Gasteiger partial charge in [0.15, 0.2) is 11.5 Å². The Morgan fingerprint density at radius 3 is 2.28 bits per heavy atom. The quantitative estimate of drug-likeness (QED) is 0.419. The molecule has 32 heavy (non-hydrogen) atoms. The lowest BCUT2D eigenvalue weighted by Gasteiger charge is -2.26. The third-order valence-electron chi connectivity index (χ3n) is 4.51. The summed E-state index contributed by atoms with van der Waals surface area (Å²) >= 11 is 0. The summed E-state index contributed by atoms with van der Waals surface area (Å²) in [4.78, 5) is 50.2. The van der Waals surface area contributed by atoms with Crippen LogP contribution in [0.4, 0.5) is 10.5 Å². The van der Waals surface area contributed by atoms with Crippen molar-refractivity contribution in [3.8, 4) is 11.5 Å². The van der Waals surface area contributed by atoms with Gasteiger partial charge < -0.3 is 14.2 Å². The van der Waals surface area contributed by atoms with Crippen molar-refractivity contribution >= 4 is 35.6 Å². The minimum absolute atomic E-state index is 0.0658. The Labute approximate surface area is 184 Å². The van der Waals surface area contributed by atoms with E-state index in [1.165, 1.54) is 44.6 Å². The van der Waals surface area contributed by atoms with Gasteiger partial charge in [-0.15, -0.1) is 0 Å². The number of urea groups is 1. The van der Waals surface area contributed by atoms with Gasteiger partial charge in [-0.3, -0.25) is 14.9 Å². The van der Waals surface area contributed by atoms with Crippen LogP contribution in [0.2, 0.25) is 0 Å². The number of nitrogens with one attached hydrogen (secondary N) is 1. The molecule has 4 amide bonds. The Hall–Kier alpha value is -4.14. The zero-order valence-corrected chi connectivity index (χ0v) is 18.0. The molecule has 0 radical (unpaired) electrons. The van der Waals surface area contributed by atoms with E-state index in [0.717, 1.165) is 4.90 Å². The van der Waals surface area contributed by atoms with Gasteiger partial charge in [0.05, 0.1) is 31.6 Å². The second kappa shape index (κ2) is 9.34. The molecule has 0 aliphatic carbocycles. The van der Waals surface area contributed by atoms with E-state index < -0.39 is 23.8 Å². The van der Waals surface area contributed by atoms with Crippen molar-refractivity contribution in [1.29, 1.82) is 0 Å². The standard InChI is InChI=1S/C23H22N2O7/c1-13(2)32-18-10-5-14(12-19(18)30-3)11-17-20(26)24-23(29)25(21(17)27)16-8-6-15(7-9-16)22(28)31-4/h5-13H,1-4H3,(H,24,26,29)/b17-11+. The minimum atomic E-state index is -0.888. The predicted molar refractivity (Wildman–Crippen MR) is 116 cm³/mol. The number of hydrogen-bond donors (Lipinski definition) is 1. The molecule has 3 rings (SSSR count). The van der Waals surface area contributed by atoms with Gasteiger partial charge in [-0.2, -0.15) is 0 Å². The Balaban J connectivity index is 1.94. The Bertz CT molecular complexity index is 1100. The Morgan fingerprint density at radius 1 is 1.00 bits per heavy atom. The van der Waals surface area contributed by atoms with E-state index in [9.17, 15) is 19.2 Å². The van der Waals surface area contributed by atoms with E-state index in [1.54, 1.807) is 18.2 Å². The summed E-state index contributed by atoms with van der Waals surface area (Å²) in [5.41, 5.74) is 0.716. The molecule has 1 fully saturated rings. The van der Waals surface area contributed by atoms with Crippen LogP contribution in [0.5, 0.6) is 11.5 Å². The number of carbonyl (C=O) groups excluding carboxylic acids is 4. The largest absolute Gasteiger partial charge is 0.493 e. The number of hydrogen-bond acceptors (Lipinski definition) is 7. The Kier molecular flexibility index (Phi) is 6.58. The van der Waals surface area contributed by atoms with E-state index in [1.807, 2.05) is 13.8 Å². The van der Waals surface area contributed by atoms with Crippen molar-refractivity contribution in [1.82, 2.24) is 5.32 Å². The zero-order chi connectivity index (χ0) is 23.4. The van der Waals surface area contributed by atoms with Crippen LogP contribution in [-0.2, 0) is 14.3 Å². The van der Waals surface area contributed by atoms with Gasteiger partial charge in [-0.05, 0) is 61.9 Å². The summed E-state index contributed by atoms with van der Waals surface area (Å²) in [5, 5.41) is 2.15. The molecule has 1 saturated heterocycles. The maximum atomic E-state index is 13.0. The SMILES string of the molecule is COC(=O)c1ccc(N2C(=O)NC(=O)/C(=C\c3ccc(OC(C)C)c(OC)c3)C2=O)cc1. The molecule has 9 nitrogen and oxygen atoms in total. The predicted octanol–water partition coefficient (Wildman–Crippen LogP) is 2.94. The first-order valence-corrected chi connectivity index (χ1v) is 9.69. The smallest absolute Gasteiger partial charge is 0.337 e. The van der Waals surface area contributed by atoms with Crippen LogP contribution < -0.4 is 19.7 Å². The monoisotopic (exact) mass is 438 g/mol. The molecule has 0 unspecified atom stereocenters. The number of imide groups is 2. The van der Waals surface area contributed by atoms with Crippen LogP contribution >= 0.6 is 0 Å². The summed E-state index contributed by atoms with van der Waals surface area (Å²) in [7, 11) is 2.73. The summed E-state index contributed by atoms with van der Waals surface area (Å²) in [6, 6.07) is 9.74. The van der Waals surface area contributed by atoms with Gasteiger partial charge in [0.1, 0.15) is 5.57 Å². The number of barbiturate groups is 1. The van der Waals surface area contributed by atoms with E-state index in [-0.39, 0.29) is 22.9 Å². The number of amides is 4. The molecule has 0 atom stereocenters. The molecule has 1 aliphatic rings. The zero-order valence-electron chi connectivity index (χ0n) is 18.0. The first-order valence-electron chi connectivity index (χ1n) is 9.69. The van der Waals surface area contributed by atoms with E-state index >= 15 is 0 Å². The average Bonchev–Trinajstić information content (AvgIpc) is 2.77. The van der Waals surface area contributed by atoms with E-state index in [4.69, 9.17) is 9.47 Å². The highest BCUT2D eigenvalue weighted by Crippen LogP contribution is 2.30. The molecule has 2 aromatic rings. The number of esters is 1. The average molecular weight is 438 g/mol. The van der Waals surface area contributed by atoms with Crippen molar-refractivity contribution in [2.45, 2.75) is 20.0 Å². The van der Waals surface area contributed by atoms with Crippen LogP contribution in [0.15, 0.2) is 48.0 Å². The second-order valence-corrected chi connectivity index (χ2v) is 7.07. The van der Waals surface area contributed by atoms with E-state index in [0.29, 0.717) is 17.1 Å². The summed E-state index contributed by atoms with van der Waals surface area (Å²) < 4.78 is 15.6. The van der Waals surface area contributed by atoms with Crippen molar-refractivity contribution in [2.24, 2.45) is 0 Å². The number of methoxy groups -OCH3 is 2. The molecular formula is C23H22N2O7. The fourth-order valence-corrected chi connectivity index (χ4v) is 3.05. The van der Waals surface area contributed by atoms with Gasteiger partial charge >= 0.3 is 12.0 Å². The summed E-state index contributed by atoms with van der Waals surface area (Å²) in [6.07, 6.45) is 1.30. The molecule has 1 aliphatic heterocycles. The van der Waals surface area contributed by atoms with Gasteiger partial charge in [-0.25, -0.2) is 14.5 Å². The first kappa shape index (κ1) is 22.5. The highest BCUT2D eigenvalue weighted by Gasteiger charge is 2.36. The maximum absolute atomic E-state index is 13.0. The van der Waals surface area contributed by atoms with Crippen LogP contribution in [0.3, 0.4) is 0 Å². The fraction of sp³-hybridized carbons (Fsp3) is 0.217. The lowest BCUT2D eigenvalue weighted by molar-refractivity contribution is -0.122. The lowest BCUT2D eigenvalue weighted by atomic mass is 10.1. The molecule has 2 aromatic carbocycles. The molecule has 1 N–H and O–H groups in total. The van der Waals surface area contributed by atoms with Crippen LogP contribution in [0.25, 0.3) is 6.08 Å². The number of carbonyl (C=O) groups is 4. The highest BCUT2D eigenvalue weighted by molar-refractivity contribution is 6.39. The summed E-state index contributed by atoms with van der Waals surface area (Å²) in [5.74, 6) is -1.22. The van der Waals surface area contributed by atoms with Crippen molar-refractivity contribution in [2.75, 3.05) is 19.1 Å². The Morgan fingerprint density at radius 2 is 1.69 bits per heavy atom.